The smallest absolute Gasteiger partial charge is 0.276 e. The second-order valence-electron chi connectivity index (χ2n) is 6.69. The second-order valence-corrected chi connectivity index (χ2v) is 7.10. The van der Waals surface area contributed by atoms with Gasteiger partial charge in [-0.25, -0.2) is 4.68 Å². The van der Waals surface area contributed by atoms with Gasteiger partial charge in [0.1, 0.15) is 0 Å². The van der Waals surface area contributed by atoms with E-state index >= 15 is 0 Å². The van der Waals surface area contributed by atoms with Gasteiger partial charge in [-0.3, -0.25) is 9.78 Å². The number of aromatic nitrogens is 4. The van der Waals surface area contributed by atoms with Crippen LogP contribution in [0.15, 0.2) is 55.0 Å². The Balaban J connectivity index is 1.53. The molecule has 3 aromatic rings. The third-order valence-corrected chi connectivity index (χ3v) is 5.25. The number of nitrogens with zero attached hydrogens (tertiary/aromatic N) is 5. The molecule has 0 N–H and O–H groups in total. The molecule has 1 aromatic carbocycles. The Bertz CT molecular complexity index is 927. The number of rotatable bonds is 4. The van der Waals surface area contributed by atoms with Gasteiger partial charge in [0.25, 0.3) is 5.91 Å². The van der Waals surface area contributed by atoms with Crippen molar-refractivity contribution >= 4 is 17.5 Å². The molecule has 0 aliphatic carbocycles. The van der Waals surface area contributed by atoms with Gasteiger partial charge >= 0.3 is 0 Å². The standard InChI is InChI=1S/C20H20ClN5O/c21-17-8-2-1-6-16(17)13-25-14-18(23-24-25)20(27)26-11-4-3-9-19(26)15-7-5-10-22-12-15/h1-2,5-8,10,12,14,19H,3-4,9,11,13H2/t19-/m0/s1. The average Bonchev–Trinajstić information content (AvgIpc) is 3.18. The lowest BCUT2D eigenvalue weighted by Gasteiger charge is -2.35. The fraction of sp³-hybridized carbons (Fsp3) is 0.300. The van der Waals surface area contributed by atoms with Crippen molar-refractivity contribution in [3.8, 4) is 0 Å². The lowest BCUT2D eigenvalue weighted by molar-refractivity contribution is 0.0605. The van der Waals surface area contributed by atoms with E-state index < -0.39 is 0 Å². The zero-order chi connectivity index (χ0) is 18.6. The van der Waals surface area contributed by atoms with Crippen molar-refractivity contribution in [2.45, 2.75) is 31.8 Å². The van der Waals surface area contributed by atoms with Gasteiger partial charge in [0, 0.05) is 24.0 Å². The van der Waals surface area contributed by atoms with E-state index in [2.05, 4.69) is 15.3 Å². The molecular weight excluding hydrogens is 362 g/mol. The minimum Gasteiger partial charge on any atom is -0.330 e. The number of piperidine rings is 1. The van der Waals surface area contributed by atoms with Crippen molar-refractivity contribution in [3.05, 3.63) is 76.8 Å². The lowest BCUT2D eigenvalue weighted by atomic mass is 9.96. The third-order valence-electron chi connectivity index (χ3n) is 4.88. The first-order valence-electron chi connectivity index (χ1n) is 9.07. The molecule has 1 atom stereocenters. The average molecular weight is 382 g/mol. The summed E-state index contributed by atoms with van der Waals surface area (Å²) >= 11 is 6.21. The zero-order valence-corrected chi connectivity index (χ0v) is 15.6. The molecule has 1 aliphatic rings. The molecule has 3 heterocycles. The van der Waals surface area contributed by atoms with Crippen LogP contribution in [0, 0.1) is 0 Å². The molecule has 1 amide bonds. The molecule has 1 aliphatic heterocycles. The molecule has 6 nitrogen and oxygen atoms in total. The van der Waals surface area contributed by atoms with Crippen molar-refractivity contribution in [3.63, 3.8) is 0 Å². The maximum atomic E-state index is 13.1. The van der Waals surface area contributed by atoms with E-state index in [1.807, 2.05) is 47.5 Å². The summed E-state index contributed by atoms with van der Waals surface area (Å²) in [5, 5.41) is 8.90. The Morgan fingerprint density at radius 3 is 2.89 bits per heavy atom. The molecule has 0 unspecified atom stereocenters. The van der Waals surface area contributed by atoms with Crippen molar-refractivity contribution < 1.29 is 4.79 Å². The van der Waals surface area contributed by atoms with Crippen LogP contribution in [0.25, 0.3) is 0 Å². The van der Waals surface area contributed by atoms with Gasteiger partial charge in [-0.1, -0.05) is 41.1 Å². The summed E-state index contributed by atoms with van der Waals surface area (Å²) in [5.74, 6) is -0.0889. The molecule has 27 heavy (non-hydrogen) atoms. The van der Waals surface area contributed by atoms with Crippen LogP contribution < -0.4 is 0 Å². The third kappa shape index (κ3) is 3.85. The van der Waals surface area contributed by atoms with Crippen LogP contribution in [0.2, 0.25) is 5.02 Å². The summed E-state index contributed by atoms with van der Waals surface area (Å²) in [6, 6.07) is 11.6. The van der Waals surface area contributed by atoms with Crippen molar-refractivity contribution in [2.24, 2.45) is 0 Å². The monoisotopic (exact) mass is 381 g/mol. The summed E-state index contributed by atoms with van der Waals surface area (Å²) in [6.45, 7) is 1.20. The van der Waals surface area contributed by atoms with Crippen LogP contribution in [-0.4, -0.2) is 37.3 Å². The van der Waals surface area contributed by atoms with Crippen molar-refractivity contribution in [1.82, 2.24) is 24.9 Å². The van der Waals surface area contributed by atoms with E-state index in [1.165, 1.54) is 0 Å². The number of amides is 1. The first kappa shape index (κ1) is 17.7. The van der Waals surface area contributed by atoms with E-state index in [-0.39, 0.29) is 11.9 Å². The molecule has 0 spiro atoms. The van der Waals surface area contributed by atoms with E-state index in [4.69, 9.17) is 11.6 Å². The largest absolute Gasteiger partial charge is 0.330 e. The summed E-state index contributed by atoms with van der Waals surface area (Å²) in [7, 11) is 0. The SMILES string of the molecule is O=C(c1cn(Cc2ccccc2Cl)nn1)N1CCCC[C@H]1c1cccnc1. The fourth-order valence-electron chi connectivity index (χ4n) is 3.52. The molecule has 7 heteroatoms. The molecule has 138 valence electrons. The maximum Gasteiger partial charge on any atom is 0.276 e. The molecular formula is C20H20ClN5O. The van der Waals surface area contributed by atoms with Crippen LogP contribution in [0.3, 0.4) is 0 Å². The predicted octanol–water partition coefficient (Wildman–Crippen LogP) is 3.74. The molecule has 1 fully saturated rings. The Hall–Kier alpha value is -2.73. The maximum absolute atomic E-state index is 13.1. The Morgan fingerprint density at radius 1 is 1.19 bits per heavy atom. The van der Waals surface area contributed by atoms with Gasteiger partial charge in [0.05, 0.1) is 18.8 Å². The number of carbonyl (C=O) groups excluding carboxylic acids is 1. The van der Waals surface area contributed by atoms with Crippen molar-refractivity contribution in [2.75, 3.05) is 6.54 Å². The molecule has 4 rings (SSSR count). The molecule has 1 saturated heterocycles. The normalized spacial score (nSPS) is 17.1. The minimum atomic E-state index is -0.0889. The summed E-state index contributed by atoms with van der Waals surface area (Å²) in [6.07, 6.45) is 8.31. The molecule has 0 saturated carbocycles. The fourth-order valence-corrected chi connectivity index (χ4v) is 3.71. The van der Waals surface area contributed by atoms with Crippen LogP contribution in [0.5, 0.6) is 0 Å². The van der Waals surface area contributed by atoms with Gasteiger partial charge in [0.2, 0.25) is 0 Å². The van der Waals surface area contributed by atoms with Gasteiger partial charge in [-0.05, 0) is 42.5 Å². The highest BCUT2D eigenvalue weighted by atomic mass is 35.5. The number of halogens is 1. The van der Waals surface area contributed by atoms with Gasteiger partial charge < -0.3 is 4.90 Å². The van der Waals surface area contributed by atoms with E-state index in [1.54, 1.807) is 17.1 Å². The number of hydrogen-bond acceptors (Lipinski definition) is 4. The number of carbonyl (C=O) groups is 1. The number of benzene rings is 1. The molecule has 0 bridgehead atoms. The molecule has 0 radical (unpaired) electrons. The topological polar surface area (TPSA) is 63.9 Å². The lowest BCUT2D eigenvalue weighted by Crippen LogP contribution is -2.38. The van der Waals surface area contributed by atoms with Crippen LogP contribution in [0.4, 0.5) is 0 Å². The minimum absolute atomic E-state index is 0.0358. The first-order chi connectivity index (χ1) is 13.2. The van der Waals surface area contributed by atoms with Gasteiger partial charge in [-0.15, -0.1) is 5.10 Å². The Morgan fingerprint density at radius 2 is 2.07 bits per heavy atom. The molecule has 2 aromatic heterocycles. The first-order valence-corrected chi connectivity index (χ1v) is 9.44. The number of hydrogen-bond donors (Lipinski definition) is 0. The summed E-state index contributed by atoms with van der Waals surface area (Å²) in [5.41, 5.74) is 2.36. The van der Waals surface area contributed by atoms with Crippen LogP contribution in [-0.2, 0) is 6.54 Å². The predicted molar refractivity (Wildman–Crippen MR) is 102 cm³/mol. The highest BCUT2D eigenvalue weighted by Crippen LogP contribution is 2.31. The zero-order valence-electron chi connectivity index (χ0n) is 14.8. The number of likely N-dealkylation sites (tertiary alicyclic amines) is 1. The van der Waals surface area contributed by atoms with E-state index in [0.29, 0.717) is 17.3 Å². The van der Waals surface area contributed by atoms with Crippen LogP contribution in [0.1, 0.15) is 46.9 Å². The van der Waals surface area contributed by atoms with E-state index in [9.17, 15) is 4.79 Å². The highest BCUT2D eigenvalue weighted by Gasteiger charge is 2.30. The van der Waals surface area contributed by atoms with Gasteiger partial charge in [0.15, 0.2) is 5.69 Å². The highest BCUT2D eigenvalue weighted by molar-refractivity contribution is 6.31. The second kappa shape index (κ2) is 7.88. The van der Waals surface area contributed by atoms with Crippen molar-refractivity contribution in [1.29, 1.82) is 0 Å². The quantitative estimate of drug-likeness (QED) is 0.690. The Labute approximate surface area is 162 Å². The number of pyridine rings is 1. The van der Waals surface area contributed by atoms with Gasteiger partial charge in [-0.2, -0.15) is 0 Å². The summed E-state index contributed by atoms with van der Waals surface area (Å²) < 4.78 is 1.65. The Kier molecular flexibility index (Phi) is 5.16. The summed E-state index contributed by atoms with van der Waals surface area (Å²) in [4.78, 5) is 19.2. The van der Waals surface area contributed by atoms with E-state index in [0.717, 1.165) is 36.9 Å². The van der Waals surface area contributed by atoms with Crippen LogP contribution >= 0.6 is 11.6 Å².